The van der Waals surface area contributed by atoms with Gasteiger partial charge in [0, 0.05) is 25.2 Å². The summed E-state index contributed by atoms with van der Waals surface area (Å²) in [6, 6.07) is 22.2. The van der Waals surface area contributed by atoms with Crippen LogP contribution in [0.25, 0.3) is 0 Å². The second kappa shape index (κ2) is 9.63. The number of carbonyl (C=O) groups excluding carboxylic acids is 1. The molecule has 0 spiro atoms. The second-order valence-electron chi connectivity index (χ2n) is 8.97. The van der Waals surface area contributed by atoms with Crippen LogP contribution in [0.2, 0.25) is 0 Å². The van der Waals surface area contributed by atoms with E-state index in [1.807, 2.05) is 60.9 Å². The Kier molecular flexibility index (Phi) is 6.68. The van der Waals surface area contributed by atoms with E-state index in [0.29, 0.717) is 11.1 Å². The molecule has 1 N–H and O–H groups in total. The molecule has 0 radical (unpaired) electrons. The van der Waals surface area contributed by atoms with Crippen molar-refractivity contribution in [3.8, 4) is 0 Å². The number of ether oxygens (including phenoxy) is 1. The number of carbonyl (C=O) groups is 1. The number of aromatic nitrogens is 1. The monoisotopic (exact) mass is 431 g/mol. The van der Waals surface area contributed by atoms with Gasteiger partial charge in [0.2, 0.25) is 5.60 Å². The van der Waals surface area contributed by atoms with E-state index in [1.165, 1.54) is 5.56 Å². The fraction of sp³-hybridized carbons (Fsp3) is 0.333. The normalized spacial score (nSPS) is 21.1. The number of quaternary nitrogens is 1. The molecular formula is C27H31N2O3+. The van der Waals surface area contributed by atoms with Crippen molar-refractivity contribution < 1.29 is 19.1 Å². The lowest BCUT2D eigenvalue weighted by Crippen LogP contribution is -2.55. The van der Waals surface area contributed by atoms with Gasteiger partial charge in [-0.2, -0.15) is 0 Å². The van der Waals surface area contributed by atoms with E-state index >= 15 is 0 Å². The highest BCUT2D eigenvalue weighted by atomic mass is 16.6. The van der Waals surface area contributed by atoms with E-state index in [9.17, 15) is 9.90 Å². The van der Waals surface area contributed by atoms with Crippen LogP contribution >= 0.6 is 0 Å². The van der Waals surface area contributed by atoms with Gasteiger partial charge in [-0.25, -0.2) is 4.79 Å². The van der Waals surface area contributed by atoms with E-state index < -0.39 is 11.6 Å². The molecule has 1 saturated heterocycles. The summed E-state index contributed by atoms with van der Waals surface area (Å²) in [5, 5.41) is 11.6. The first-order valence-corrected chi connectivity index (χ1v) is 11.3. The fourth-order valence-corrected chi connectivity index (χ4v) is 4.62. The van der Waals surface area contributed by atoms with Gasteiger partial charge in [0.25, 0.3) is 0 Å². The predicted octanol–water partition coefficient (Wildman–Crippen LogP) is 3.71. The minimum Gasteiger partial charge on any atom is -0.454 e. The molecule has 2 heterocycles. The van der Waals surface area contributed by atoms with Crippen LogP contribution in [0, 0.1) is 0 Å². The van der Waals surface area contributed by atoms with Gasteiger partial charge in [0.1, 0.15) is 6.54 Å². The first kappa shape index (κ1) is 22.2. The van der Waals surface area contributed by atoms with Crippen LogP contribution < -0.4 is 0 Å². The van der Waals surface area contributed by atoms with Gasteiger partial charge in [-0.1, -0.05) is 60.7 Å². The highest BCUT2D eigenvalue weighted by Crippen LogP contribution is 2.32. The molecule has 4 rings (SSSR count). The fourth-order valence-electron chi connectivity index (χ4n) is 4.62. The lowest BCUT2D eigenvalue weighted by Gasteiger charge is -2.41. The average Bonchev–Trinajstić information content (AvgIpc) is 2.84. The van der Waals surface area contributed by atoms with Crippen LogP contribution in [0.15, 0.2) is 85.2 Å². The van der Waals surface area contributed by atoms with Crippen molar-refractivity contribution in [2.75, 3.05) is 26.7 Å². The standard InChI is InChI=1S/C27H31N2O3/c1-29(20-16-22-14-17-28-18-15-22)19-8-13-25(21-29)32-26(30)27(31,23-9-4-2-5-10-23)24-11-6-3-7-12-24/h2-7,9-12,14-15,17-18,25,31H,8,13,16,19-21H2,1H3/q+1/t25-,29?/m1/s1. The van der Waals surface area contributed by atoms with Crippen molar-refractivity contribution in [2.24, 2.45) is 0 Å². The van der Waals surface area contributed by atoms with Gasteiger partial charge in [0.05, 0.1) is 20.1 Å². The van der Waals surface area contributed by atoms with Crippen LogP contribution in [0.3, 0.4) is 0 Å². The number of nitrogens with zero attached hydrogens (tertiary/aromatic N) is 2. The summed E-state index contributed by atoms with van der Waals surface area (Å²) >= 11 is 0. The van der Waals surface area contributed by atoms with Crippen LogP contribution in [-0.4, -0.2) is 53.3 Å². The highest BCUT2D eigenvalue weighted by molar-refractivity contribution is 5.85. The summed E-state index contributed by atoms with van der Waals surface area (Å²) in [5.41, 5.74) is 0.463. The molecule has 1 fully saturated rings. The highest BCUT2D eigenvalue weighted by Gasteiger charge is 2.44. The Balaban J connectivity index is 1.49. The zero-order valence-corrected chi connectivity index (χ0v) is 18.6. The zero-order valence-electron chi connectivity index (χ0n) is 18.6. The molecule has 32 heavy (non-hydrogen) atoms. The van der Waals surface area contributed by atoms with Crippen LogP contribution in [0.5, 0.6) is 0 Å². The van der Waals surface area contributed by atoms with Crippen LogP contribution in [0.1, 0.15) is 29.5 Å². The molecule has 5 nitrogen and oxygen atoms in total. The van der Waals surface area contributed by atoms with Crippen molar-refractivity contribution in [3.63, 3.8) is 0 Å². The summed E-state index contributed by atoms with van der Waals surface area (Å²) < 4.78 is 6.84. The van der Waals surface area contributed by atoms with E-state index in [-0.39, 0.29) is 6.10 Å². The summed E-state index contributed by atoms with van der Waals surface area (Å²) in [7, 11) is 2.22. The average molecular weight is 432 g/mol. The second-order valence-corrected chi connectivity index (χ2v) is 8.97. The Bertz CT molecular complexity index is 971. The molecule has 1 aromatic heterocycles. The van der Waals surface area contributed by atoms with Crippen molar-refractivity contribution in [1.29, 1.82) is 0 Å². The molecule has 0 bridgehead atoms. The van der Waals surface area contributed by atoms with Crippen molar-refractivity contribution in [1.82, 2.24) is 4.98 Å². The number of hydrogen-bond acceptors (Lipinski definition) is 4. The number of pyridine rings is 1. The lowest BCUT2D eigenvalue weighted by atomic mass is 9.86. The number of piperidine rings is 1. The van der Waals surface area contributed by atoms with Gasteiger partial charge in [0.15, 0.2) is 6.10 Å². The maximum Gasteiger partial charge on any atom is 0.348 e. The molecule has 3 aromatic rings. The Morgan fingerprint density at radius 1 is 1.03 bits per heavy atom. The van der Waals surface area contributed by atoms with Crippen molar-refractivity contribution in [2.45, 2.75) is 31.0 Å². The smallest absolute Gasteiger partial charge is 0.348 e. The molecule has 1 unspecified atom stereocenters. The Morgan fingerprint density at radius 3 is 2.22 bits per heavy atom. The minimum absolute atomic E-state index is 0.224. The maximum absolute atomic E-state index is 13.4. The molecular weight excluding hydrogens is 400 g/mol. The largest absolute Gasteiger partial charge is 0.454 e. The van der Waals surface area contributed by atoms with Gasteiger partial charge in [-0.15, -0.1) is 0 Å². The van der Waals surface area contributed by atoms with Gasteiger partial charge in [-0.05, 0) is 35.2 Å². The summed E-state index contributed by atoms with van der Waals surface area (Å²) in [6.45, 7) is 2.77. The maximum atomic E-state index is 13.4. The summed E-state index contributed by atoms with van der Waals surface area (Å²) in [5.74, 6) is -0.609. The van der Waals surface area contributed by atoms with E-state index in [4.69, 9.17) is 4.74 Å². The minimum atomic E-state index is -1.83. The van der Waals surface area contributed by atoms with Crippen LogP contribution in [0.4, 0.5) is 0 Å². The third kappa shape index (κ3) is 4.90. The Morgan fingerprint density at radius 2 is 1.62 bits per heavy atom. The SMILES string of the molecule is C[N+]1(CCc2ccncc2)CCC[C@@H](OC(=O)C(O)(c2ccccc2)c2ccccc2)C1. The number of likely N-dealkylation sites (N-methyl/N-ethyl adjacent to an activating group) is 1. The molecule has 5 heteroatoms. The van der Waals surface area contributed by atoms with Crippen LogP contribution in [-0.2, 0) is 21.6 Å². The molecule has 2 aromatic carbocycles. The van der Waals surface area contributed by atoms with Crippen molar-refractivity contribution >= 4 is 5.97 Å². The number of likely N-dealkylation sites (tertiary alicyclic amines) is 1. The summed E-state index contributed by atoms with van der Waals surface area (Å²) in [4.78, 5) is 17.5. The molecule has 166 valence electrons. The first-order valence-electron chi connectivity index (χ1n) is 11.3. The molecule has 1 aliphatic rings. The molecule has 2 atom stereocenters. The predicted molar refractivity (Wildman–Crippen MR) is 124 cm³/mol. The quantitative estimate of drug-likeness (QED) is 0.458. The van der Waals surface area contributed by atoms with E-state index in [0.717, 1.165) is 43.4 Å². The van der Waals surface area contributed by atoms with Gasteiger partial charge < -0.3 is 14.3 Å². The van der Waals surface area contributed by atoms with Gasteiger partial charge >= 0.3 is 5.97 Å². The summed E-state index contributed by atoms with van der Waals surface area (Å²) in [6.07, 6.45) is 6.18. The number of hydrogen-bond donors (Lipinski definition) is 1. The molecule has 1 aliphatic heterocycles. The number of esters is 1. The topological polar surface area (TPSA) is 59.4 Å². The number of aliphatic hydroxyl groups is 1. The third-order valence-electron chi connectivity index (χ3n) is 6.51. The number of benzene rings is 2. The molecule has 0 aliphatic carbocycles. The van der Waals surface area contributed by atoms with Gasteiger partial charge in [-0.3, -0.25) is 4.98 Å². The molecule has 0 saturated carbocycles. The Labute approximate surface area is 189 Å². The molecule has 0 amide bonds. The van der Waals surface area contributed by atoms with E-state index in [2.05, 4.69) is 12.0 Å². The van der Waals surface area contributed by atoms with E-state index in [1.54, 1.807) is 24.3 Å². The lowest BCUT2D eigenvalue weighted by molar-refractivity contribution is -0.916. The van der Waals surface area contributed by atoms with Crippen molar-refractivity contribution in [3.05, 3.63) is 102 Å². The Hall–Kier alpha value is -3.02. The zero-order chi connectivity index (χ0) is 22.4. The first-order chi connectivity index (χ1) is 15.5. The number of rotatable bonds is 7. The third-order valence-corrected chi connectivity index (χ3v) is 6.51.